The zero-order valence-corrected chi connectivity index (χ0v) is 10.3. The van der Waals surface area contributed by atoms with E-state index in [0.717, 1.165) is 0 Å². The zero-order valence-electron chi connectivity index (χ0n) is 10.3. The number of ether oxygens (including phenoxy) is 2. The minimum atomic E-state index is -0.709. The van der Waals surface area contributed by atoms with Crippen molar-refractivity contribution in [2.75, 3.05) is 19.5 Å². The summed E-state index contributed by atoms with van der Waals surface area (Å²) in [6.07, 6.45) is 0. The van der Waals surface area contributed by atoms with Crippen LogP contribution in [0.1, 0.15) is 6.92 Å². The Kier molecular flexibility index (Phi) is 4.98. The van der Waals surface area contributed by atoms with Crippen LogP contribution in [0.4, 0.5) is 5.69 Å². The summed E-state index contributed by atoms with van der Waals surface area (Å²) in [5, 5.41) is 2.44. The minimum Gasteiger partial charge on any atom is -0.482 e. The lowest BCUT2D eigenvalue weighted by Crippen LogP contribution is -2.41. The zero-order chi connectivity index (χ0) is 13.5. The van der Waals surface area contributed by atoms with E-state index in [1.165, 1.54) is 14.0 Å². The molecule has 0 heterocycles. The molecule has 0 saturated carbocycles. The molecule has 0 fully saturated rings. The number of esters is 1. The average Bonchev–Trinajstić information content (AvgIpc) is 2.36. The number of anilines is 1. The molecule has 1 aromatic carbocycles. The predicted octanol–water partition coefficient (Wildman–Crippen LogP) is 0.325. The molecule has 0 aliphatic heterocycles. The molecule has 0 saturated heterocycles. The van der Waals surface area contributed by atoms with Crippen LogP contribution in [-0.2, 0) is 14.3 Å². The van der Waals surface area contributed by atoms with Gasteiger partial charge in [0.05, 0.1) is 12.8 Å². The summed E-state index contributed by atoms with van der Waals surface area (Å²) in [6.45, 7) is 1.32. The number of nitrogen functional groups attached to an aromatic ring is 1. The van der Waals surface area contributed by atoms with Gasteiger partial charge in [-0.05, 0) is 19.1 Å². The lowest BCUT2D eigenvalue weighted by molar-refractivity contribution is -0.144. The SMILES string of the molecule is COC(=O)C(C)NC(=O)COc1ccccc1N. The molecule has 1 amide bonds. The van der Waals surface area contributed by atoms with Crippen molar-refractivity contribution in [3.8, 4) is 5.75 Å². The van der Waals surface area contributed by atoms with Crippen molar-refractivity contribution in [1.29, 1.82) is 0 Å². The second-order valence-corrected chi connectivity index (χ2v) is 3.64. The van der Waals surface area contributed by atoms with Gasteiger partial charge in [-0.15, -0.1) is 0 Å². The molecule has 1 atom stereocenters. The summed E-state index contributed by atoms with van der Waals surface area (Å²) >= 11 is 0. The molecule has 1 unspecified atom stereocenters. The van der Waals surface area contributed by atoms with Crippen molar-refractivity contribution < 1.29 is 19.1 Å². The van der Waals surface area contributed by atoms with Crippen molar-refractivity contribution in [3.63, 3.8) is 0 Å². The van der Waals surface area contributed by atoms with Gasteiger partial charge in [-0.3, -0.25) is 4.79 Å². The normalized spacial score (nSPS) is 11.4. The van der Waals surface area contributed by atoms with Crippen LogP contribution >= 0.6 is 0 Å². The molecule has 6 nitrogen and oxygen atoms in total. The molecule has 0 aliphatic rings. The molecular formula is C12H16N2O4. The van der Waals surface area contributed by atoms with Gasteiger partial charge in [-0.2, -0.15) is 0 Å². The van der Waals surface area contributed by atoms with Crippen molar-refractivity contribution in [1.82, 2.24) is 5.32 Å². The van der Waals surface area contributed by atoms with Gasteiger partial charge in [-0.25, -0.2) is 4.79 Å². The lowest BCUT2D eigenvalue weighted by atomic mass is 10.3. The van der Waals surface area contributed by atoms with E-state index in [1.807, 2.05) is 0 Å². The Balaban J connectivity index is 2.43. The molecule has 0 spiro atoms. The molecule has 1 aromatic rings. The fourth-order valence-electron chi connectivity index (χ4n) is 1.27. The molecule has 98 valence electrons. The number of para-hydroxylation sites is 2. The second-order valence-electron chi connectivity index (χ2n) is 3.64. The summed E-state index contributed by atoms with van der Waals surface area (Å²) in [7, 11) is 1.26. The Bertz CT molecular complexity index is 434. The van der Waals surface area contributed by atoms with Crippen LogP contribution in [0.25, 0.3) is 0 Å². The highest BCUT2D eigenvalue weighted by Gasteiger charge is 2.16. The standard InChI is InChI=1S/C12H16N2O4/c1-8(12(16)17-2)14-11(15)7-18-10-6-4-3-5-9(10)13/h3-6,8H,7,13H2,1-2H3,(H,14,15). The van der Waals surface area contributed by atoms with E-state index < -0.39 is 17.9 Å². The van der Waals surface area contributed by atoms with Crippen LogP contribution in [0, 0.1) is 0 Å². The van der Waals surface area contributed by atoms with Gasteiger partial charge in [0.25, 0.3) is 5.91 Å². The number of amides is 1. The van der Waals surface area contributed by atoms with E-state index in [9.17, 15) is 9.59 Å². The highest BCUT2D eigenvalue weighted by Crippen LogP contribution is 2.19. The summed E-state index contributed by atoms with van der Waals surface area (Å²) < 4.78 is 9.70. The van der Waals surface area contributed by atoms with Crippen LogP contribution in [0.2, 0.25) is 0 Å². The number of hydrogen-bond acceptors (Lipinski definition) is 5. The lowest BCUT2D eigenvalue weighted by Gasteiger charge is -2.12. The van der Waals surface area contributed by atoms with Gasteiger partial charge in [0.15, 0.2) is 6.61 Å². The molecule has 0 aliphatic carbocycles. The third kappa shape index (κ3) is 3.97. The van der Waals surface area contributed by atoms with Gasteiger partial charge >= 0.3 is 5.97 Å². The predicted molar refractivity (Wildman–Crippen MR) is 66.0 cm³/mol. The third-order valence-corrected chi connectivity index (χ3v) is 2.21. The van der Waals surface area contributed by atoms with E-state index in [0.29, 0.717) is 11.4 Å². The average molecular weight is 252 g/mol. The maximum atomic E-state index is 11.5. The maximum Gasteiger partial charge on any atom is 0.328 e. The van der Waals surface area contributed by atoms with Gasteiger partial charge in [0.1, 0.15) is 11.8 Å². The topological polar surface area (TPSA) is 90.6 Å². The van der Waals surface area contributed by atoms with Crippen LogP contribution < -0.4 is 15.8 Å². The summed E-state index contributed by atoms with van der Waals surface area (Å²) in [4.78, 5) is 22.6. The van der Waals surface area contributed by atoms with E-state index >= 15 is 0 Å². The number of benzene rings is 1. The summed E-state index contributed by atoms with van der Waals surface area (Å²) in [5.74, 6) is -0.503. The quantitative estimate of drug-likeness (QED) is 0.582. The van der Waals surface area contributed by atoms with Gasteiger partial charge in [0, 0.05) is 0 Å². The Morgan fingerprint density at radius 1 is 1.39 bits per heavy atom. The minimum absolute atomic E-state index is 0.213. The molecule has 0 bridgehead atoms. The second kappa shape index (κ2) is 6.48. The Morgan fingerprint density at radius 3 is 2.67 bits per heavy atom. The van der Waals surface area contributed by atoms with E-state index in [2.05, 4.69) is 10.1 Å². The van der Waals surface area contributed by atoms with Gasteiger partial charge in [-0.1, -0.05) is 12.1 Å². The van der Waals surface area contributed by atoms with E-state index in [1.54, 1.807) is 24.3 Å². The summed E-state index contributed by atoms with van der Waals surface area (Å²) in [5.41, 5.74) is 6.10. The largest absolute Gasteiger partial charge is 0.482 e. The third-order valence-electron chi connectivity index (χ3n) is 2.21. The highest BCUT2D eigenvalue weighted by atomic mass is 16.5. The van der Waals surface area contributed by atoms with Gasteiger partial charge in [0.2, 0.25) is 0 Å². The molecule has 1 rings (SSSR count). The highest BCUT2D eigenvalue weighted by molar-refractivity contribution is 5.84. The first-order chi connectivity index (χ1) is 8.54. The first-order valence-corrected chi connectivity index (χ1v) is 5.39. The van der Waals surface area contributed by atoms with E-state index in [-0.39, 0.29) is 6.61 Å². The van der Waals surface area contributed by atoms with Crippen LogP contribution in [-0.4, -0.2) is 31.6 Å². The Morgan fingerprint density at radius 2 is 2.06 bits per heavy atom. The van der Waals surface area contributed by atoms with Crippen LogP contribution in [0.5, 0.6) is 5.75 Å². The first kappa shape index (κ1) is 13.8. The maximum absolute atomic E-state index is 11.5. The van der Waals surface area contributed by atoms with Crippen molar-refractivity contribution in [2.24, 2.45) is 0 Å². The number of rotatable bonds is 5. The molecule has 0 aromatic heterocycles. The molecule has 6 heteroatoms. The van der Waals surface area contributed by atoms with Crippen LogP contribution in [0.15, 0.2) is 24.3 Å². The molecule has 18 heavy (non-hydrogen) atoms. The van der Waals surface area contributed by atoms with Gasteiger partial charge < -0.3 is 20.5 Å². The molecule has 0 radical (unpaired) electrons. The molecule has 3 N–H and O–H groups in total. The first-order valence-electron chi connectivity index (χ1n) is 5.39. The van der Waals surface area contributed by atoms with Crippen molar-refractivity contribution in [2.45, 2.75) is 13.0 Å². The number of carbonyl (C=O) groups excluding carboxylic acids is 2. The number of hydrogen-bond donors (Lipinski definition) is 2. The van der Waals surface area contributed by atoms with Crippen molar-refractivity contribution >= 4 is 17.6 Å². The number of nitrogens with one attached hydrogen (secondary N) is 1. The summed E-state index contributed by atoms with van der Waals surface area (Å²) in [6, 6.07) is 6.14. The fraction of sp³-hybridized carbons (Fsp3) is 0.333. The monoisotopic (exact) mass is 252 g/mol. The Hall–Kier alpha value is -2.24. The van der Waals surface area contributed by atoms with E-state index in [4.69, 9.17) is 10.5 Å². The number of nitrogens with two attached hydrogens (primary N) is 1. The number of methoxy groups -OCH3 is 1. The Labute approximate surface area is 105 Å². The van der Waals surface area contributed by atoms with Crippen LogP contribution in [0.3, 0.4) is 0 Å². The smallest absolute Gasteiger partial charge is 0.328 e. The number of carbonyl (C=O) groups is 2. The fourth-order valence-corrected chi connectivity index (χ4v) is 1.27. The molecular weight excluding hydrogens is 236 g/mol. The van der Waals surface area contributed by atoms with Crippen molar-refractivity contribution in [3.05, 3.63) is 24.3 Å².